The molecule has 1 aromatic carbocycles. The van der Waals surface area contributed by atoms with E-state index in [1.165, 1.54) is 0 Å². The van der Waals surface area contributed by atoms with Crippen LogP contribution in [0.1, 0.15) is 35.7 Å². The van der Waals surface area contributed by atoms with Crippen molar-refractivity contribution in [1.82, 2.24) is 15.1 Å². The van der Waals surface area contributed by atoms with E-state index in [2.05, 4.69) is 15.1 Å². The maximum atomic E-state index is 12.5. The van der Waals surface area contributed by atoms with Crippen molar-refractivity contribution in [2.45, 2.75) is 19.4 Å². The molecule has 138 valence electrons. The second kappa shape index (κ2) is 7.45. The zero-order valence-electron chi connectivity index (χ0n) is 14.6. The quantitative estimate of drug-likeness (QED) is 0.649. The number of fused-ring (bicyclic) bond motifs is 1. The predicted octanol–water partition coefficient (Wildman–Crippen LogP) is 3.21. The van der Waals surface area contributed by atoms with Gasteiger partial charge in [0.2, 0.25) is 5.82 Å². The fourth-order valence-electron chi connectivity index (χ4n) is 2.58. The van der Waals surface area contributed by atoms with Crippen LogP contribution in [0.5, 0.6) is 11.5 Å². The molecule has 0 saturated heterocycles. The second-order valence-corrected chi connectivity index (χ2v) is 5.96. The molecule has 0 saturated carbocycles. The Bertz CT molecular complexity index is 942. The molecule has 0 spiro atoms. The van der Waals surface area contributed by atoms with E-state index in [0.717, 1.165) is 6.42 Å². The highest BCUT2D eigenvalue weighted by atomic mass is 16.6. The van der Waals surface area contributed by atoms with E-state index in [1.807, 2.05) is 6.07 Å². The first kappa shape index (κ1) is 17.0. The zero-order chi connectivity index (χ0) is 18.6. The van der Waals surface area contributed by atoms with Crippen LogP contribution in [0.4, 0.5) is 0 Å². The SMILES string of the molecule is C[C@H](OC(=O)c1ccc2c(c1)OCCCO2)c1nc(-c2cccnc2)no1. The smallest absolute Gasteiger partial charge is 0.339 e. The zero-order valence-corrected chi connectivity index (χ0v) is 14.6. The largest absolute Gasteiger partial charge is 0.490 e. The van der Waals surface area contributed by atoms with Crippen LogP contribution in [0.2, 0.25) is 0 Å². The molecule has 3 heterocycles. The van der Waals surface area contributed by atoms with Gasteiger partial charge in [-0.05, 0) is 37.3 Å². The van der Waals surface area contributed by atoms with Gasteiger partial charge in [-0.2, -0.15) is 4.98 Å². The molecule has 27 heavy (non-hydrogen) atoms. The molecule has 0 aliphatic carbocycles. The summed E-state index contributed by atoms with van der Waals surface area (Å²) >= 11 is 0. The molecule has 0 unspecified atom stereocenters. The number of esters is 1. The molecular weight excluding hydrogens is 350 g/mol. The van der Waals surface area contributed by atoms with Crippen molar-refractivity contribution in [3.8, 4) is 22.9 Å². The average molecular weight is 367 g/mol. The summed E-state index contributed by atoms with van der Waals surface area (Å²) in [5, 5.41) is 3.90. The number of ether oxygens (including phenoxy) is 3. The Balaban J connectivity index is 1.47. The number of benzene rings is 1. The van der Waals surface area contributed by atoms with E-state index in [0.29, 0.717) is 41.7 Å². The molecule has 0 bridgehead atoms. The van der Waals surface area contributed by atoms with Gasteiger partial charge >= 0.3 is 5.97 Å². The molecule has 0 radical (unpaired) electrons. The summed E-state index contributed by atoms with van der Waals surface area (Å²) in [5.41, 5.74) is 1.08. The van der Waals surface area contributed by atoms with Crippen LogP contribution < -0.4 is 9.47 Å². The van der Waals surface area contributed by atoms with Crippen LogP contribution in [0.25, 0.3) is 11.4 Å². The fraction of sp³-hybridized carbons (Fsp3) is 0.263. The fourth-order valence-corrected chi connectivity index (χ4v) is 2.58. The normalized spacial score (nSPS) is 14.3. The van der Waals surface area contributed by atoms with Crippen molar-refractivity contribution in [1.29, 1.82) is 0 Å². The molecule has 1 aliphatic rings. The Labute approximate surface area is 155 Å². The van der Waals surface area contributed by atoms with Crippen molar-refractivity contribution in [3.63, 3.8) is 0 Å². The summed E-state index contributed by atoms with van der Waals surface area (Å²) in [6.45, 7) is 2.80. The number of hydrogen-bond acceptors (Lipinski definition) is 8. The molecule has 1 aliphatic heterocycles. The maximum absolute atomic E-state index is 12.5. The Kier molecular flexibility index (Phi) is 4.69. The minimum atomic E-state index is -0.702. The first-order valence-corrected chi connectivity index (χ1v) is 8.55. The highest BCUT2D eigenvalue weighted by Crippen LogP contribution is 2.31. The lowest BCUT2D eigenvalue weighted by atomic mass is 10.2. The highest BCUT2D eigenvalue weighted by Gasteiger charge is 2.21. The summed E-state index contributed by atoms with van der Waals surface area (Å²) in [6.07, 6.45) is 3.38. The molecule has 8 nitrogen and oxygen atoms in total. The summed E-state index contributed by atoms with van der Waals surface area (Å²) in [5.74, 6) is 1.23. The van der Waals surface area contributed by atoms with Crippen LogP contribution in [-0.4, -0.2) is 34.3 Å². The van der Waals surface area contributed by atoms with Gasteiger partial charge in [-0.1, -0.05) is 5.16 Å². The lowest BCUT2D eigenvalue weighted by molar-refractivity contribution is 0.0265. The second-order valence-electron chi connectivity index (χ2n) is 5.96. The summed E-state index contributed by atoms with van der Waals surface area (Å²) in [7, 11) is 0. The van der Waals surface area contributed by atoms with Crippen molar-refractivity contribution >= 4 is 5.97 Å². The predicted molar refractivity (Wildman–Crippen MR) is 93.4 cm³/mol. The first-order valence-electron chi connectivity index (χ1n) is 8.55. The number of aromatic nitrogens is 3. The van der Waals surface area contributed by atoms with Gasteiger partial charge in [0, 0.05) is 24.4 Å². The van der Waals surface area contributed by atoms with Gasteiger partial charge in [-0.15, -0.1) is 0 Å². The molecular formula is C19H17N3O5. The minimum Gasteiger partial charge on any atom is -0.490 e. The van der Waals surface area contributed by atoms with Gasteiger partial charge in [0.1, 0.15) is 0 Å². The van der Waals surface area contributed by atoms with E-state index in [-0.39, 0.29) is 5.89 Å². The maximum Gasteiger partial charge on any atom is 0.339 e. The van der Waals surface area contributed by atoms with Crippen LogP contribution in [-0.2, 0) is 4.74 Å². The Hall–Kier alpha value is -3.42. The van der Waals surface area contributed by atoms with E-state index in [9.17, 15) is 4.79 Å². The van der Waals surface area contributed by atoms with Gasteiger partial charge in [0.15, 0.2) is 17.6 Å². The molecule has 0 fully saturated rings. The number of hydrogen-bond donors (Lipinski definition) is 0. The molecule has 2 aromatic heterocycles. The lowest BCUT2D eigenvalue weighted by Crippen LogP contribution is -2.10. The first-order chi connectivity index (χ1) is 13.2. The third-order valence-electron chi connectivity index (χ3n) is 3.98. The monoisotopic (exact) mass is 367 g/mol. The molecule has 4 rings (SSSR count). The number of pyridine rings is 1. The van der Waals surface area contributed by atoms with Gasteiger partial charge in [0.25, 0.3) is 5.89 Å². The van der Waals surface area contributed by atoms with Crippen molar-refractivity contribution < 1.29 is 23.5 Å². The van der Waals surface area contributed by atoms with Gasteiger partial charge in [0.05, 0.1) is 18.8 Å². The van der Waals surface area contributed by atoms with Crippen molar-refractivity contribution in [3.05, 3.63) is 54.2 Å². The molecule has 0 amide bonds. The summed E-state index contributed by atoms with van der Waals surface area (Å²) in [6, 6.07) is 8.55. The Morgan fingerprint density at radius 1 is 1.19 bits per heavy atom. The van der Waals surface area contributed by atoms with Gasteiger partial charge in [-0.3, -0.25) is 4.98 Å². The Morgan fingerprint density at radius 3 is 2.85 bits per heavy atom. The average Bonchev–Trinajstić information content (AvgIpc) is 3.08. The van der Waals surface area contributed by atoms with Crippen LogP contribution in [0, 0.1) is 0 Å². The van der Waals surface area contributed by atoms with E-state index >= 15 is 0 Å². The van der Waals surface area contributed by atoms with Crippen LogP contribution >= 0.6 is 0 Å². The van der Waals surface area contributed by atoms with Crippen molar-refractivity contribution in [2.24, 2.45) is 0 Å². The number of carbonyl (C=O) groups excluding carboxylic acids is 1. The summed E-state index contributed by atoms with van der Waals surface area (Å²) < 4.78 is 21.8. The highest BCUT2D eigenvalue weighted by molar-refractivity contribution is 5.90. The summed E-state index contributed by atoms with van der Waals surface area (Å²) in [4.78, 5) is 20.7. The van der Waals surface area contributed by atoms with Gasteiger partial charge < -0.3 is 18.7 Å². The van der Waals surface area contributed by atoms with Crippen LogP contribution in [0.3, 0.4) is 0 Å². The number of nitrogens with zero attached hydrogens (tertiary/aromatic N) is 3. The van der Waals surface area contributed by atoms with Crippen LogP contribution in [0.15, 0.2) is 47.2 Å². The molecule has 3 aromatic rings. The topological polar surface area (TPSA) is 96.6 Å². The van der Waals surface area contributed by atoms with Crippen molar-refractivity contribution in [2.75, 3.05) is 13.2 Å². The van der Waals surface area contributed by atoms with Gasteiger partial charge in [-0.25, -0.2) is 4.79 Å². The minimum absolute atomic E-state index is 0.205. The Morgan fingerprint density at radius 2 is 2.04 bits per heavy atom. The van der Waals surface area contributed by atoms with E-state index in [1.54, 1.807) is 43.6 Å². The third kappa shape index (κ3) is 3.74. The number of rotatable bonds is 4. The van der Waals surface area contributed by atoms with E-state index < -0.39 is 12.1 Å². The molecule has 0 N–H and O–H groups in total. The molecule has 1 atom stereocenters. The van der Waals surface area contributed by atoms with E-state index in [4.69, 9.17) is 18.7 Å². The standard InChI is InChI=1S/C19H17N3O5/c1-12(18-21-17(22-27-18)14-4-2-7-20-11-14)26-19(23)13-5-6-15-16(10-13)25-9-3-8-24-15/h2,4-7,10-12H,3,8-9H2,1H3/t12-/m0/s1. The lowest BCUT2D eigenvalue weighted by Gasteiger charge is -2.11. The molecule has 8 heteroatoms. The third-order valence-corrected chi connectivity index (χ3v) is 3.98. The number of carbonyl (C=O) groups is 1.